The minimum absolute atomic E-state index is 0.237. The fourth-order valence-electron chi connectivity index (χ4n) is 3.50. The predicted octanol–water partition coefficient (Wildman–Crippen LogP) is 3.62. The van der Waals surface area contributed by atoms with E-state index in [2.05, 4.69) is 0 Å². The Labute approximate surface area is 102 Å². The Morgan fingerprint density at radius 1 is 1.24 bits per heavy atom. The van der Waals surface area contributed by atoms with Crippen molar-refractivity contribution in [3.05, 3.63) is 29.7 Å². The smallest absolute Gasteiger partial charge is 0.126 e. The van der Waals surface area contributed by atoms with Crippen LogP contribution in [0.2, 0.25) is 0 Å². The maximum atomic E-state index is 10.5. The lowest BCUT2D eigenvalue weighted by molar-refractivity contribution is 0.0482. The SMILES string of the molecule is OC1C(=Cc2ccco2)CCC2CCCCC21. The van der Waals surface area contributed by atoms with Gasteiger partial charge >= 0.3 is 0 Å². The molecule has 1 heterocycles. The van der Waals surface area contributed by atoms with Gasteiger partial charge < -0.3 is 9.52 Å². The summed E-state index contributed by atoms with van der Waals surface area (Å²) in [5.74, 6) is 2.12. The molecule has 3 rings (SSSR count). The van der Waals surface area contributed by atoms with Crippen molar-refractivity contribution in [3.8, 4) is 0 Å². The van der Waals surface area contributed by atoms with Gasteiger partial charge in [-0.1, -0.05) is 19.3 Å². The van der Waals surface area contributed by atoms with E-state index in [1.165, 1.54) is 37.7 Å². The van der Waals surface area contributed by atoms with Crippen LogP contribution in [0.25, 0.3) is 6.08 Å². The number of aliphatic hydroxyl groups is 1. The summed E-state index contributed by atoms with van der Waals surface area (Å²) < 4.78 is 5.33. The summed E-state index contributed by atoms with van der Waals surface area (Å²) >= 11 is 0. The molecule has 1 N–H and O–H groups in total. The quantitative estimate of drug-likeness (QED) is 0.802. The van der Waals surface area contributed by atoms with Crippen molar-refractivity contribution in [2.24, 2.45) is 11.8 Å². The Bertz CT molecular complexity index is 391. The second kappa shape index (κ2) is 4.69. The zero-order valence-corrected chi connectivity index (χ0v) is 10.1. The molecule has 2 aliphatic rings. The van der Waals surface area contributed by atoms with Crippen molar-refractivity contribution in [3.63, 3.8) is 0 Å². The van der Waals surface area contributed by atoms with Gasteiger partial charge in [-0.25, -0.2) is 0 Å². The molecule has 0 aliphatic heterocycles. The summed E-state index contributed by atoms with van der Waals surface area (Å²) in [7, 11) is 0. The molecule has 0 radical (unpaired) electrons. The van der Waals surface area contributed by atoms with Crippen LogP contribution in [-0.4, -0.2) is 11.2 Å². The minimum Gasteiger partial charge on any atom is -0.465 e. The van der Waals surface area contributed by atoms with Gasteiger partial charge in [0, 0.05) is 0 Å². The largest absolute Gasteiger partial charge is 0.465 e. The van der Waals surface area contributed by atoms with E-state index in [1.807, 2.05) is 18.2 Å². The molecule has 2 aliphatic carbocycles. The van der Waals surface area contributed by atoms with Gasteiger partial charge in [-0.2, -0.15) is 0 Å². The van der Waals surface area contributed by atoms with Crippen LogP contribution in [0.4, 0.5) is 0 Å². The third kappa shape index (κ3) is 2.19. The lowest BCUT2D eigenvalue weighted by atomic mass is 9.68. The first-order valence-corrected chi connectivity index (χ1v) is 6.76. The molecule has 1 aromatic heterocycles. The third-order valence-corrected chi connectivity index (χ3v) is 4.43. The van der Waals surface area contributed by atoms with Crippen molar-refractivity contribution in [2.45, 2.75) is 44.6 Å². The van der Waals surface area contributed by atoms with Gasteiger partial charge in [-0.05, 0) is 54.9 Å². The van der Waals surface area contributed by atoms with E-state index in [-0.39, 0.29) is 6.10 Å². The van der Waals surface area contributed by atoms with Crippen molar-refractivity contribution in [1.82, 2.24) is 0 Å². The number of furan rings is 1. The summed E-state index contributed by atoms with van der Waals surface area (Å²) in [5.41, 5.74) is 1.17. The zero-order valence-electron chi connectivity index (χ0n) is 10.1. The number of hydrogen-bond donors (Lipinski definition) is 1. The first-order chi connectivity index (χ1) is 8.34. The van der Waals surface area contributed by atoms with E-state index in [4.69, 9.17) is 4.42 Å². The van der Waals surface area contributed by atoms with E-state index in [0.29, 0.717) is 5.92 Å². The van der Waals surface area contributed by atoms with E-state index in [1.54, 1.807) is 6.26 Å². The van der Waals surface area contributed by atoms with Crippen molar-refractivity contribution >= 4 is 6.08 Å². The van der Waals surface area contributed by atoms with E-state index >= 15 is 0 Å². The normalized spacial score (nSPS) is 35.8. The van der Waals surface area contributed by atoms with Gasteiger partial charge in [0.25, 0.3) is 0 Å². The number of hydrogen-bond acceptors (Lipinski definition) is 2. The Kier molecular flexibility index (Phi) is 3.06. The molecular formula is C15H20O2. The number of aliphatic hydroxyl groups excluding tert-OH is 1. The predicted molar refractivity (Wildman–Crippen MR) is 67.4 cm³/mol. The molecule has 0 aromatic carbocycles. The molecule has 3 unspecified atom stereocenters. The Morgan fingerprint density at radius 2 is 2.12 bits per heavy atom. The lowest BCUT2D eigenvalue weighted by Gasteiger charge is -2.40. The fourth-order valence-corrected chi connectivity index (χ4v) is 3.50. The highest BCUT2D eigenvalue weighted by molar-refractivity contribution is 5.49. The molecule has 0 bridgehead atoms. The van der Waals surface area contributed by atoms with Crippen molar-refractivity contribution < 1.29 is 9.52 Å². The van der Waals surface area contributed by atoms with Crippen LogP contribution in [-0.2, 0) is 0 Å². The molecule has 3 atom stereocenters. The van der Waals surface area contributed by atoms with E-state index in [9.17, 15) is 5.11 Å². The lowest BCUT2D eigenvalue weighted by Crippen LogP contribution is -2.36. The van der Waals surface area contributed by atoms with Gasteiger partial charge in [0.05, 0.1) is 12.4 Å². The molecule has 2 nitrogen and oxygen atoms in total. The average Bonchev–Trinajstić information content (AvgIpc) is 2.86. The Morgan fingerprint density at radius 3 is 2.94 bits per heavy atom. The second-order valence-electron chi connectivity index (χ2n) is 5.43. The molecule has 1 aromatic rings. The first-order valence-electron chi connectivity index (χ1n) is 6.76. The number of rotatable bonds is 1. The van der Waals surface area contributed by atoms with Crippen LogP contribution in [0, 0.1) is 11.8 Å². The molecule has 0 amide bonds. The van der Waals surface area contributed by atoms with Crippen LogP contribution in [0.1, 0.15) is 44.3 Å². The summed E-state index contributed by atoms with van der Waals surface area (Å²) in [6.07, 6.45) is 10.9. The summed E-state index contributed by atoms with van der Waals surface area (Å²) in [5, 5.41) is 10.5. The highest BCUT2D eigenvalue weighted by Gasteiger charge is 2.36. The number of fused-ring (bicyclic) bond motifs is 1. The molecule has 2 fully saturated rings. The molecule has 2 saturated carbocycles. The Balaban J connectivity index is 1.79. The van der Waals surface area contributed by atoms with Gasteiger partial charge in [-0.15, -0.1) is 0 Å². The van der Waals surface area contributed by atoms with Crippen molar-refractivity contribution in [2.75, 3.05) is 0 Å². The van der Waals surface area contributed by atoms with E-state index < -0.39 is 0 Å². The highest BCUT2D eigenvalue weighted by Crippen LogP contribution is 2.43. The summed E-state index contributed by atoms with van der Waals surface area (Å²) in [6, 6.07) is 3.84. The monoisotopic (exact) mass is 232 g/mol. The van der Waals surface area contributed by atoms with Crippen LogP contribution in [0.5, 0.6) is 0 Å². The first kappa shape index (κ1) is 11.1. The zero-order chi connectivity index (χ0) is 11.7. The highest BCUT2D eigenvalue weighted by atomic mass is 16.3. The molecule has 92 valence electrons. The van der Waals surface area contributed by atoms with Crippen LogP contribution in [0.3, 0.4) is 0 Å². The molecule has 2 heteroatoms. The fraction of sp³-hybridized carbons (Fsp3) is 0.600. The third-order valence-electron chi connectivity index (χ3n) is 4.43. The summed E-state index contributed by atoms with van der Waals surface area (Å²) in [4.78, 5) is 0. The maximum Gasteiger partial charge on any atom is 0.126 e. The van der Waals surface area contributed by atoms with Crippen molar-refractivity contribution in [1.29, 1.82) is 0 Å². The van der Waals surface area contributed by atoms with Crippen LogP contribution < -0.4 is 0 Å². The summed E-state index contributed by atoms with van der Waals surface area (Å²) in [6.45, 7) is 0. The average molecular weight is 232 g/mol. The van der Waals surface area contributed by atoms with Gasteiger partial charge in [-0.3, -0.25) is 0 Å². The van der Waals surface area contributed by atoms with Crippen LogP contribution in [0.15, 0.2) is 28.4 Å². The standard InChI is InChI=1S/C15H20O2/c16-15-12(10-13-5-3-9-17-13)8-7-11-4-1-2-6-14(11)15/h3,5,9-11,14-16H,1-2,4,6-8H2. The molecule has 17 heavy (non-hydrogen) atoms. The van der Waals surface area contributed by atoms with E-state index in [0.717, 1.165) is 18.1 Å². The van der Waals surface area contributed by atoms with Gasteiger partial charge in [0.2, 0.25) is 0 Å². The molecule has 0 saturated heterocycles. The maximum absolute atomic E-state index is 10.5. The topological polar surface area (TPSA) is 33.4 Å². The Hall–Kier alpha value is -1.02. The molecular weight excluding hydrogens is 212 g/mol. The van der Waals surface area contributed by atoms with Crippen LogP contribution >= 0.6 is 0 Å². The van der Waals surface area contributed by atoms with Gasteiger partial charge in [0.15, 0.2) is 0 Å². The molecule has 0 spiro atoms. The second-order valence-corrected chi connectivity index (χ2v) is 5.43. The van der Waals surface area contributed by atoms with Gasteiger partial charge in [0.1, 0.15) is 5.76 Å². The minimum atomic E-state index is -0.237.